The molecule has 0 heterocycles. The summed E-state index contributed by atoms with van der Waals surface area (Å²) >= 11 is 0. The van der Waals surface area contributed by atoms with E-state index in [-0.39, 0.29) is 12.5 Å². The number of amides is 1. The average Bonchev–Trinajstić information content (AvgIpc) is 3.45. The Bertz CT molecular complexity index is 1430. The molecule has 3 unspecified atom stereocenters. The maximum absolute atomic E-state index is 13.0. The minimum atomic E-state index is -4.61. The fraction of sp³-hybridized carbons (Fsp3) is 0.904. The molecule has 8 nitrogen and oxygen atoms in total. The zero-order valence-electron chi connectivity index (χ0n) is 55.7. The Balaban J connectivity index is 3.92. The molecule has 0 aromatic heterocycles. The number of unbranched alkanes of at least 4 members (excludes halogenated alkanes) is 51. The summed E-state index contributed by atoms with van der Waals surface area (Å²) < 4.78 is 23.4. The molecule has 2 N–H and O–H groups in total. The number of phosphoric ester groups is 1. The van der Waals surface area contributed by atoms with Crippen molar-refractivity contribution in [3.8, 4) is 0 Å². The molecule has 82 heavy (non-hydrogen) atoms. The fourth-order valence-corrected chi connectivity index (χ4v) is 11.9. The zero-order valence-corrected chi connectivity index (χ0v) is 56.6. The van der Waals surface area contributed by atoms with E-state index in [0.717, 1.165) is 44.9 Å². The molecule has 0 aliphatic heterocycles. The lowest BCUT2D eigenvalue weighted by atomic mass is 10.0. The summed E-state index contributed by atoms with van der Waals surface area (Å²) in [6, 6.07) is -0.909. The first-order chi connectivity index (χ1) is 40.0. The number of rotatable bonds is 68. The quantitative estimate of drug-likeness (QED) is 0.0272. The van der Waals surface area contributed by atoms with Gasteiger partial charge in [-0.05, 0) is 44.9 Å². The van der Waals surface area contributed by atoms with E-state index in [1.54, 1.807) is 6.08 Å². The van der Waals surface area contributed by atoms with Crippen LogP contribution >= 0.6 is 7.82 Å². The Hall–Kier alpha value is -1.28. The zero-order chi connectivity index (χ0) is 59.8. The normalized spacial score (nSPS) is 13.8. The van der Waals surface area contributed by atoms with Gasteiger partial charge >= 0.3 is 0 Å². The van der Waals surface area contributed by atoms with Gasteiger partial charge in [-0.1, -0.05) is 359 Å². The Morgan fingerprint density at radius 1 is 0.415 bits per heavy atom. The number of allylic oxidation sites excluding steroid dienone is 5. The van der Waals surface area contributed by atoms with Crippen LogP contribution in [0.25, 0.3) is 0 Å². The van der Waals surface area contributed by atoms with Crippen LogP contribution in [0.4, 0.5) is 0 Å². The average molecular weight is 1180 g/mol. The van der Waals surface area contributed by atoms with E-state index in [9.17, 15) is 19.4 Å². The van der Waals surface area contributed by atoms with E-state index >= 15 is 0 Å². The summed E-state index contributed by atoms with van der Waals surface area (Å²) in [7, 11) is 1.25. The highest BCUT2D eigenvalue weighted by molar-refractivity contribution is 7.45. The second-order valence-electron chi connectivity index (χ2n) is 26.3. The molecule has 0 aliphatic rings. The van der Waals surface area contributed by atoms with Gasteiger partial charge in [-0.3, -0.25) is 9.36 Å². The third-order valence-corrected chi connectivity index (χ3v) is 17.8. The molecule has 0 radical (unpaired) electrons. The highest BCUT2D eigenvalue weighted by atomic mass is 31.2. The predicted octanol–water partition coefficient (Wildman–Crippen LogP) is 22.6. The lowest BCUT2D eigenvalue weighted by Crippen LogP contribution is -2.45. The molecule has 0 spiro atoms. The monoisotopic (exact) mass is 1180 g/mol. The van der Waals surface area contributed by atoms with Crippen molar-refractivity contribution < 1.29 is 32.9 Å². The van der Waals surface area contributed by atoms with Crippen molar-refractivity contribution in [1.29, 1.82) is 0 Å². The van der Waals surface area contributed by atoms with Gasteiger partial charge in [-0.2, -0.15) is 0 Å². The minimum absolute atomic E-state index is 0.00718. The largest absolute Gasteiger partial charge is 0.756 e. The van der Waals surface area contributed by atoms with Gasteiger partial charge in [0, 0.05) is 6.42 Å². The first-order valence-electron chi connectivity index (χ1n) is 36.4. The number of carbonyl (C=O) groups excluding carboxylic acids is 1. The maximum atomic E-state index is 13.0. The summed E-state index contributed by atoms with van der Waals surface area (Å²) in [6.07, 6.45) is 85.9. The Morgan fingerprint density at radius 3 is 0.988 bits per heavy atom. The first-order valence-corrected chi connectivity index (χ1v) is 37.8. The molecule has 0 rings (SSSR count). The van der Waals surface area contributed by atoms with Crippen LogP contribution in [-0.4, -0.2) is 68.5 Å². The number of carbonyl (C=O) groups is 1. The molecule has 0 fully saturated rings. The van der Waals surface area contributed by atoms with Crippen molar-refractivity contribution in [3.63, 3.8) is 0 Å². The van der Waals surface area contributed by atoms with Crippen LogP contribution in [0.1, 0.15) is 373 Å². The van der Waals surface area contributed by atoms with E-state index in [0.29, 0.717) is 17.4 Å². The third kappa shape index (κ3) is 66.2. The number of quaternary nitrogens is 1. The molecule has 486 valence electrons. The van der Waals surface area contributed by atoms with E-state index in [1.807, 2.05) is 27.2 Å². The first kappa shape index (κ1) is 80.7. The van der Waals surface area contributed by atoms with Crippen molar-refractivity contribution in [2.75, 3.05) is 40.9 Å². The smallest absolute Gasteiger partial charge is 0.268 e. The highest BCUT2D eigenvalue weighted by Gasteiger charge is 2.23. The lowest BCUT2D eigenvalue weighted by Gasteiger charge is -2.29. The molecule has 0 saturated carbocycles. The summed E-state index contributed by atoms with van der Waals surface area (Å²) in [5.74, 6) is -0.204. The summed E-state index contributed by atoms with van der Waals surface area (Å²) in [5, 5.41) is 13.9. The summed E-state index contributed by atoms with van der Waals surface area (Å²) in [4.78, 5) is 25.6. The van der Waals surface area contributed by atoms with Crippen LogP contribution < -0.4 is 10.2 Å². The highest BCUT2D eigenvalue weighted by Crippen LogP contribution is 2.38. The number of phosphoric acid groups is 1. The predicted molar refractivity (Wildman–Crippen MR) is 358 cm³/mol. The van der Waals surface area contributed by atoms with Crippen LogP contribution in [0.3, 0.4) is 0 Å². The van der Waals surface area contributed by atoms with Crippen LogP contribution in [0, 0.1) is 0 Å². The Morgan fingerprint density at radius 2 is 0.683 bits per heavy atom. The molecule has 0 saturated heterocycles. The van der Waals surface area contributed by atoms with Gasteiger partial charge in [-0.15, -0.1) is 0 Å². The number of aliphatic hydroxyl groups excluding tert-OH is 1. The summed E-state index contributed by atoms with van der Waals surface area (Å²) in [5.41, 5.74) is 0. The lowest BCUT2D eigenvalue weighted by molar-refractivity contribution is -0.870. The molecule has 0 aromatic rings. The fourth-order valence-electron chi connectivity index (χ4n) is 11.2. The second-order valence-corrected chi connectivity index (χ2v) is 27.7. The molecule has 1 amide bonds. The molecular weight excluding hydrogens is 1030 g/mol. The topological polar surface area (TPSA) is 108 Å². The number of hydrogen-bond donors (Lipinski definition) is 2. The molecule has 0 bridgehead atoms. The van der Waals surface area contributed by atoms with E-state index in [2.05, 4.69) is 43.5 Å². The number of likely N-dealkylation sites (N-methyl/N-ethyl adjacent to an activating group) is 1. The SMILES string of the molecule is CCCCCCCCCCCC/C=C/CC/C=C/CC/C=C/C(O)C(COP(=O)([O-])OCC[N+](C)(C)C)NC(=O)CCCCCCCCCCCCCCCCCCCCCCCCCCCCCCCCCCCCCCCCCC. The van der Waals surface area contributed by atoms with E-state index in [4.69, 9.17) is 9.05 Å². The molecular formula is C73H143N2O6P. The van der Waals surface area contributed by atoms with Crippen molar-refractivity contribution in [2.45, 2.75) is 386 Å². The van der Waals surface area contributed by atoms with Crippen LogP contribution in [0.15, 0.2) is 36.5 Å². The molecule has 0 aromatic carbocycles. The summed E-state index contributed by atoms with van der Waals surface area (Å²) in [6.45, 7) is 4.67. The van der Waals surface area contributed by atoms with Gasteiger partial charge in [0.05, 0.1) is 39.9 Å². The Labute approximate surface area is 512 Å². The van der Waals surface area contributed by atoms with Gasteiger partial charge in [0.25, 0.3) is 7.82 Å². The molecule has 0 aliphatic carbocycles. The number of nitrogens with one attached hydrogen (secondary N) is 1. The van der Waals surface area contributed by atoms with Crippen LogP contribution in [-0.2, 0) is 18.4 Å². The minimum Gasteiger partial charge on any atom is -0.756 e. The Kier molecular flexibility index (Phi) is 63.2. The number of hydrogen-bond acceptors (Lipinski definition) is 6. The number of aliphatic hydroxyl groups is 1. The van der Waals surface area contributed by atoms with Crippen molar-refractivity contribution >= 4 is 13.7 Å². The van der Waals surface area contributed by atoms with Crippen molar-refractivity contribution in [3.05, 3.63) is 36.5 Å². The third-order valence-electron chi connectivity index (χ3n) is 16.8. The number of nitrogens with zero attached hydrogens (tertiary/aromatic N) is 1. The van der Waals surface area contributed by atoms with E-state index in [1.165, 1.54) is 308 Å². The second kappa shape index (κ2) is 64.2. The van der Waals surface area contributed by atoms with Gasteiger partial charge < -0.3 is 28.8 Å². The molecule has 9 heteroatoms. The standard InChI is InChI=1S/C73H143N2O6P/c1-6-8-10-12-14-16-18-20-22-24-26-28-29-30-31-32-33-34-35-36-37-38-39-40-41-42-43-44-45-46-47-49-51-53-55-57-59-61-63-65-67-73(77)74-71(70-81-82(78,79)80-69-68-75(3,4)5)72(76)66-64-62-60-58-56-54-52-50-48-27-25-23-21-19-17-15-13-11-9-7-2/h48,50,56,58,64,66,71-72,76H,6-47,49,51-55,57,59-63,65,67-70H2,1-5H3,(H-,74,77,78,79)/b50-48+,58-56+,66-64+. The van der Waals surface area contributed by atoms with Crippen LogP contribution in [0.2, 0.25) is 0 Å². The maximum Gasteiger partial charge on any atom is 0.268 e. The van der Waals surface area contributed by atoms with Gasteiger partial charge in [0.15, 0.2) is 0 Å². The van der Waals surface area contributed by atoms with Gasteiger partial charge in [0.2, 0.25) is 5.91 Å². The van der Waals surface area contributed by atoms with Crippen molar-refractivity contribution in [1.82, 2.24) is 5.32 Å². The van der Waals surface area contributed by atoms with Crippen LogP contribution in [0.5, 0.6) is 0 Å². The van der Waals surface area contributed by atoms with E-state index < -0.39 is 26.6 Å². The molecule has 3 atom stereocenters. The van der Waals surface area contributed by atoms with Gasteiger partial charge in [0.1, 0.15) is 13.2 Å². The van der Waals surface area contributed by atoms with Gasteiger partial charge in [-0.25, -0.2) is 0 Å². The van der Waals surface area contributed by atoms with Crippen molar-refractivity contribution in [2.24, 2.45) is 0 Å².